The fourth-order valence-corrected chi connectivity index (χ4v) is 3.14. The maximum atomic E-state index is 12.2. The predicted octanol–water partition coefficient (Wildman–Crippen LogP) is 2.25. The summed E-state index contributed by atoms with van der Waals surface area (Å²) >= 11 is 1.66. The zero-order valence-corrected chi connectivity index (χ0v) is 13.7. The number of hydrogen-bond acceptors (Lipinski definition) is 4. The molecule has 0 aromatic carbocycles. The number of aromatic nitrogens is 1. The molecule has 2 aromatic rings. The van der Waals surface area contributed by atoms with Gasteiger partial charge in [-0.15, -0.1) is 0 Å². The molecule has 0 aliphatic carbocycles. The summed E-state index contributed by atoms with van der Waals surface area (Å²) in [6.45, 7) is 6.62. The van der Waals surface area contributed by atoms with E-state index in [1.54, 1.807) is 11.3 Å². The maximum Gasteiger partial charge on any atom is 0.252 e. The Labute approximate surface area is 134 Å². The van der Waals surface area contributed by atoms with Gasteiger partial charge in [-0.05, 0) is 41.5 Å². The van der Waals surface area contributed by atoms with Gasteiger partial charge < -0.3 is 10.3 Å². The largest absolute Gasteiger partial charge is 0.350 e. The first-order valence-corrected chi connectivity index (χ1v) is 8.33. The number of hydrogen-bond donors (Lipinski definition) is 2. The number of rotatable bonds is 7. The van der Waals surface area contributed by atoms with Gasteiger partial charge in [0.2, 0.25) is 5.56 Å². The van der Waals surface area contributed by atoms with Crippen molar-refractivity contribution >= 4 is 17.2 Å². The number of likely N-dealkylation sites (N-methyl/N-ethyl adjacent to an activating group) is 1. The fourth-order valence-electron chi connectivity index (χ4n) is 2.43. The number of carbonyl (C=O) groups excluding carboxylic acids is 1. The van der Waals surface area contributed by atoms with Crippen LogP contribution < -0.4 is 10.9 Å². The van der Waals surface area contributed by atoms with Gasteiger partial charge in [0.25, 0.3) is 5.91 Å². The fraction of sp³-hybridized carbons (Fsp3) is 0.375. The first-order chi connectivity index (χ1) is 10.7. The number of nitrogens with one attached hydrogen (secondary N) is 2. The highest BCUT2D eigenvalue weighted by molar-refractivity contribution is 7.07. The summed E-state index contributed by atoms with van der Waals surface area (Å²) in [7, 11) is 0. The third-order valence-corrected chi connectivity index (χ3v) is 4.38. The summed E-state index contributed by atoms with van der Waals surface area (Å²) in [6, 6.07) is 5.15. The monoisotopic (exact) mass is 319 g/mol. The van der Waals surface area contributed by atoms with E-state index in [9.17, 15) is 9.59 Å². The lowest BCUT2D eigenvalue weighted by Crippen LogP contribution is -2.38. The van der Waals surface area contributed by atoms with E-state index in [0.29, 0.717) is 12.1 Å². The molecule has 22 heavy (non-hydrogen) atoms. The number of H-pyrrole nitrogens is 1. The molecule has 118 valence electrons. The summed E-state index contributed by atoms with van der Waals surface area (Å²) in [5.41, 5.74) is 1.47. The van der Waals surface area contributed by atoms with E-state index >= 15 is 0 Å². The molecule has 0 bridgehead atoms. The van der Waals surface area contributed by atoms with Gasteiger partial charge in [-0.25, -0.2) is 0 Å². The molecule has 2 N–H and O–H groups in total. The summed E-state index contributed by atoms with van der Waals surface area (Å²) < 4.78 is 0. The second-order valence-corrected chi connectivity index (χ2v) is 5.73. The molecule has 0 fully saturated rings. The zero-order chi connectivity index (χ0) is 15.9. The van der Waals surface area contributed by atoms with E-state index in [0.717, 1.165) is 13.1 Å². The van der Waals surface area contributed by atoms with Crippen LogP contribution in [-0.4, -0.2) is 35.4 Å². The minimum atomic E-state index is -0.212. The Balaban J connectivity index is 2.06. The van der Waals surface area contributed by atoms with Crippen LogP contribution in [0.25, 0.3) is 0 Å². The quantitative estimate of drug-likeness (QED) is 0.822. The van der Waals surface area contributed by atoms with Crippen LogP contribution in [0.15, 0.2) is 40.0 Å². The van der Waals surface area contributed by atoms with Crippen molar-refractivity contribution in [2.75, 3.05) is 19.6 Å². The summed E-state index contributed by atoms with van der Waals surface area (Å²) in [4.78, 5) is 28.1. The maximum absolute atomic E-state index is 12.2. The van der Waals surface area contributed by atoms with E-state index in [2.05, 4.69) is 45.9 Å². The minimum Gasteiger partial charge on any atom is -0.350 e. The molecule has 6 heteroatoms. The number of amides is 1. The summed E-state index contributed by atoms with van der Waals surface area (Å²) in [6.07, 6.45) is 1.44. The van der Waals surface area contributed by atoms with Gasteiger partial charge in [0.1, 0.15) is 0 Å². The van der Waals surface area contributed by atoms with Crippen molar-refractivity contribution in [1.29, 1.82) is 0 Å². The first-order valence-electron chi connectivity index (χ1n) is 7.38. The molecular weight excluding hydrogens is 298 g/mol. The average molecular weight is 319 g/mol. The third-order valence-electron chi connectivity index (χ3n) is 3.68. The van der Waals surface area contributed by atoms with E-state index in [1.807, 2.05) is 0 Å². The number of carbonyl (C=O) groups is 1. The van der Waals surface area contributed by atoms with Crippen molar-refractivity contribution in [3.8, 4) is 0 Å². The van der Waals surface area contributed by atoms with Crippen LogP contribution in [0.1, 0.15) is 35.8 Å². The highest BCUT2D eigenvalue weighted by atomic mass is 32.1. The Kier molecular flexibility index (Phi) is 5.91. The second kappa shape index (κ2) is 7.91. The van der Waals surface area contributed by atoms with Gasteiger partial charge in [-0.2, -0.15) is 11.3 Å². The zero-order valence-electron chi connectivity index (χ0n) is 12.8. The van der Waals surface area contributed by atoms with Gasteiger partial charge in [0, 0.05) is 18.8 Å². The molecule has 2 rings (SSSR count). The van der Waals surface area contributed by atoms with Crippen LogP contribution in [0.2, 0.25) is 0 Å². The SMILES string of the molecule is CCN(CC)[C@H](CNC(=O)c1ccc(=O)[nH]c1)c1ccsc1. The standard InChI is InChI=1S/C16H21N3O2S/c1-3-19(4-2)14(13-7-8-22-11-13)10-18-16(21)12-5-6-15(20)17-9-12/h5-9,11,14H,3-4,10H2,1-2H3,(H,17,20)(H,18,21)/t14-/m1/s1. The Morgan fingerprint density at radius 3 is 2.64 bits per heavy atom. The Bertz CT molecular complexity index is 627. The molecule has 0 saturated heterocycles. The molecule has 0 radical (unpaired) electrons. The summed E-state index contributed by atoms with van der Waals surface area (Å²) in [5.74, 6) is -0.177. The average Bonchev–Trinajstić information content (AvgIpc) is 3.06. The predicted molar refractivity (Wildman–Crippen MR) is 89.4 cm³/mol. The van der Waals surface area contributed by atoms with E-state index < -0.39 is 0 Å². The van der Waals surface area contributed by atoms with Crippen LogP contribution in [0, 0.1) is 0 Å². The van der Waals surface area contributed by atoms with Gasteiger partial charge in [0.15, 0.2) is 0 Å². The van der Waals surface area contributed by atoms with E-state index in [1.165, 1.54) is 23.9 Å². The van der Waals surface area contributed by atoms with Gasteiger partial charge in [-0.1, -0.05) is 13.8 Å². The molecule has 0 unspecified atom stereocenters. The molecular formula is C16H21N3O2S. The molecule has 5 nitrogen and oxygen atoms in total. The van der Waals surface area contributed by atoms with E-state index in [-0.39, 0.29) is 17.5 Å². The van der Waals surface area contributed by atoms with Crippen LogP contribution in [0.4, 0.5) is 0 Å². The minimum absolute atomic E-state index is 0.160. The van der Waals surface area contributed by atoms with Crippen molar-refractivity contribution in [3.05, 3.63) is 56.6 Å². The number of pyridine rings is 1. The van der Waals surface area contributed by atoms with Gasteiger partial charge in [-0.3, -0.25) is 14.5 Å². The van der Waals surface area contributed by atoms with Crippen LogP contribution in [0.5, 0.6) is 0 Å². The highest BCUT2D eigenvalue weighted by Gasteiger charge is 2.19. The number of aromatic amines is 1. The smallest absolute Gasteiger partial charge is 0.252 e. The lowest BCUT2D eigenvalue weighted by molar-refractivity contribution is 0.0934. The Hall–Kier alpha value is -1.92. The van der Waals surface area contributed by atoms with Crippen molar-refractivity contribution in [1.82, 2.24) is 15.2 Å². The third kappa shape index (κ3) is 4.05. The van der Waals surface area contributed by atoms with Crippen molar-refractivity contribution < 1.29 is 4.79 Å². The lowest BCUT2D eigenvalue weighted by Gasteiger charge is -2.29. The van der Waals surface area contributed by atoms with Crippen molar-refractivity contribution in [3.63, 3.8) is 0 Å². The Morgan fingerprint density at radius 1 is 1.32 bits per heavy atom. The molecule has 0 aliphatic rings. The first kappa shape index (κ1) is 16.5. The van der Waals surface area contributed by atoms with Crippen molar-refractivity contribution in [2.24, 2.45) is 0 Å². The normalized spacial score (nSPS) is 12.3. The molecule has 2 heterocycles. The molecule has 0 aliphatic heterocycles. The van der Waals surface area contributed by atoms with Gasteiger partial charge in [0.05, 0.1) is 11.6 Å². The molecule has 0 spiro atoms. The highest BCUT2D eigenvalue weighted by Crippen LogP contribution is 2.22. The number of nitrogens with zero attached hydrogens (tertiary/aromatic N) is 1. The topological polar surface area (TPSA) is 65.2 Å². The van der Waals surface area contributed by atoms with Crippen LogP contribution in [0.3, 0.4) is 0 Å². The molecule has 1 atom stereocenters. The van der Waals surface area contributed by atoms with Crippen LogP contribution >= 0.6 is 11.3 Å². The molecule has 1 amide bonds. The Morgan fingerprint density at radius 2 is 2.09 bits per heavy atom. The van der Waals surface area contributed by atoms with Gasteiger partial charge >= 0.3 is 0 Å². The lowest BCUT2D eigenvalue weighted by atomic mass is 10.1. The number of thiophene rings is 1. The second-order valence-electron chi connectivity index (χ2n) is 4.95. The van der Waals surface area contributed by atoms with Crippen LogP contribution in [-0.2, 0) is 0 Å². The van der Waals surface area contributed by atoms with Crippen molar-refractivity contribution in [2.45, 2.75) is 19.9 Å². The molecule has 2 aromatic heterocycles. The molecule has 0 saturated carbocycles. The summed E-state index contributed by atoms with van der Waals surface area (Å²) in [5, 5.41) is 7.13. The van der Waals surface area contributed by atoms with E-state index in [4.69, 9.17) is 0 Å².